The van der Waals surface area contributed by atoms with E-state index in [4.69, 9.17) is 9.47 Å². The van der Waals surface area contributed by atoms with Gasteiger partial charge in [0.25, 0.3) is 0 Å². The molecule has 1 saturated heterocycles. The summed E-state index contributed by atoms with van der Waals surface area (Å²) >= 11 is 1.47. The zero-order valence-corrected chi connectivity index (χ0v) is 19.7. The minimum atomic E-state index is -1.31. The highest BCUT2D eigenvalue weighted by Gasteiger charge is 2.55. The Bertz CT molecular complexity index is 964. The van der Waals surface area contributed by atoms with E-state index >= 15 is 0 Å². The zero-order valence-electron chi connectivity index (χ0n) is 18.9. The lowest BCUT2D eigenvalue weighted by Gasteiger charge is -2.31. The van der Waals surface area contributed by atoms with Crippen LogP contribution in [0, 0.1) is 0 Å². The Labute approximate surface area is 192 Å². The first-order valence-electron chi connectivity index (χ1n) is 10.5. The molecule has 0 radical (unpaired) electrons. The third kappa shape index (κ3) is 4.54. The molecule has 172 valence electrons. The fourth-order valence-electron chi connectivity index (χ4n) is 4.08. The third-order valence-electron chi connectivity index (χ3n) is 6.00. The number of ether oxygens (including phenoxy) is 2. The normalized spacial score (nSPS) is 19.3. The van der Waals surface area contributed by atoms with Crippen LogP contribution in [0.1, 0.15) is 42.8 Å². The number of para-hydroxylation sites is 1. The highest BCUT2D eigenvalue weighted by atomic mass is 32.1. The molecule has 2 aromatic rings. The van der Waals surface area contributed by atoms with Gasteiger partial charge in [-0.1, -0.05) is 18.2 Å². The van der Waals surface area contributed by atoms with E-state index in [1.54, 1.807) is 49.5 Å². The molecule has 1 fully saturated rings. The number of hydrogen-bond acceptors (Lipinski definition) is 7. The van der Waals surface area contributed by atoms with Crippen molar-refractivity contribution in [2.45, 2.75) is 37.6 Å². The summed E-state index contributed by atoms with van der Waals surface area (Å²) in [5.74, 6) is -0.415. The van der Waals surface area contributed by atoms with Crippen molar-refractivity contribution in [3.63, 3.8) is 0 Å². The van der Waals surface area contributed by atoms with Gasteiger partial charge < -0.3 is 14.4 Å². The van der Waals surface area contributed by atoms with Crippen molar-refractivity contribution in [2.24, 2.45) is 0 Å². The zero-order chi connectivity index (χ0) is 23.3. The third-order valence-corrected chi connectivity index (χ3v) is 6.94. The Morgan fingerprint density at radius 2 is 2.06 bits per heavy atom. The average Bonchev–Trinajstić information content (AvgIpc) is 3.41. The van der Waals surface area contributed by atoms with Crippen molar-refractivity contribution in [3.8, 4) is 5.75 Å². The van der Waals surface area contributed by atoms with Crippen molar-refractivity contribution in [1.82, 2.24) is 14.8 Å². The van der Waals surface area contributed by atoms with Crippen LogP contribution in [-0.2, 0) is 24.5 Å². The molecule has 1 aliphatic heterocycles. The second kappa shape index (κ2) is 10.2. The van der Waals surface area contributed by atoms with E-state index in [9.17, 15) is 14.4 Å². The molecule has 1 aromatic carbocycles. The first-order valence-corrected chi connectivity index (χ1v) is 11.4. The molecule has 8 nitrogen and oxygen atoms in total. The number of methoxy groups -OCH3 is 2. The SMILES string of the molecule is COCCCN1C(=O)C[C@](CC(=O)N(C)[C@@H](C)c2nccs2)(c2ccccc2OC)C1=O. The van der Waals surface area contributed by atoms with Gasteiger partial charge in [-0.2, -0.15) is 0 Å². The molecule has 1 aliphatic rings. The molecular weight excluding hydrogens is 430 g/mol. The highest BCUT2D eigenvalue weighted by Crippen LogP contribution is 2.44. The van der Waals surface area contributed by atoms with E-state index in [0.717, 1.165) is 5.01 Å². The number of carbonyl (C=O) groups excluding carboxylic acids is 3. The Hall–Kier alpha value is -2.78. The van der Waals surface area contributed by atoms with Gasteiger partial charge in [0.1, 0.15) is 10.8 Å². The number of hydrogen-bond donors (Lipinski definition) is 0. The number of aromatic nitrogens is 1. The van der Waals surface area contributed by atoms with E-state index in [2.05, 4.69) is 4.98 Å². The number of likely N-dealkylation sites (tertiary alicyclic amines) is 1. The molecular formula is C23H29N3O5S. The topological polar surface area (TPSA) is 89.0 Å². The van der Waals surface area contributed by atoms with Crippen LogP contribution in [0.2, 0.25) is 0 Å². The summed E-state index contributed by atoms with van der Waals surface area (Å²) < 4.78 is 10.6. The summed E-state index contributed by atoms with van der Waals surface area (Å²) in [6, 6.07) is 6.85. The Morgan fingerprint density at radius 1 is 1.31 bits per heavy atom. The standard InChI is InChI=1S/C23H29N3O5S/c1-16(21-24-10-13-32-21)25(2)19(27)14-23(17-8-5-6-9-18(17)31-4)15-20(28)26(22(23)29)11-7-12-30-3/h5-6,8-10,13,16H,7,11-12,14-15H2,1-4H3/t16-,23+/m0/s1. The summed E-state index contributed by atoms with van der Waals surface area (Å²) in [7, 11) is 4.79. The van der Waals surface area contributed by atoms with Crippen LogP contribution < -0.4 is 4.74 Å². The smallest absolute Gasteiger partial charge is 0.241 e. The second-order valence-electron chi connectivity index (χ2n) is 7.88. The quantitative estimate of drug-likeness (QED) is 0.401. The molecule has 9 heteroatoms. The summed E-state index contributed by atoms with van der Waals surface area (Å²) in [5.41, 5.74) is -0.760. The molecule has 3 rings (SSSR count). The molecule has 0 saturated carbocycles. The summed E-state index contributed by atoms with van der Waals surface area (Å²) in [4.78, 5) is 47.1. The predicted octanol–water partition coefficient (Wildman–Crippen LogP) is 2.79. The van der Waals surface area contributed by atoms with Crippen LogP contribution in [0.3, 0.4) is 0 Å². The average molecular weight is 460 g/mol. The number of rotatable bonds is 10. The lowest BCUT2D eigenvalue weighted by molar-refractivity contribution is -0.143. The van der Waals surface area contributed by atoms with Crippen LogP contribution >= 0.6 is 11.3 Å². The Kier molecular flexibility index (Phi) is 7.63. The number of carbonyl (C=O) groups is 3. The number of imide groups is 1. The van der Waals surface area contributed by atoms with Gasteiger partial charge in [-0.3, -0.25) is 19.3 Å². The van der Waals surface area contributed by atoms with Crippen LogP contribution in [0.4, 0.5) is 0 Å². The van der Waals surface area contributed by atoms with Crippen LogP contribution in [0.5, 0.6) is 5.75 Å². The van der Waals surface area contributed by atoms with E-state index in [0.29, 0.717) is 24.3 Å². The van der Waals surface area contributed by atoms with Crippen LogP contribution in [0.15, 0.2) is 35.8 Å². The minimum Gasteiger partial charge on any atom is -0.496 e. The van der Waals surface area contributed by atoms with Crippen molar-refractivity contribution < 1.29 is 23.9 Å². The molecule has 1 aromatic heterocycles. The first-order chi connectivity index (χ1) is 15.4. The van der Waals surface area contributed by atoms with Gasteiger partial charge in [0, 0.05) is 57.3 Å². The van der Waals surface area contributed by atoms with E-state index in [1.807, 2.05) is 12.3 Å². The number of nitrogens with zero attached hydrogens (tertiary/aromatic N) is 3. The number of thiazole rings is 1. The van der Waals surface area contributed by atoms with Gasteiger partial charge in [0.05, 0.1) is 18.6 Å². The summed E-state index contributed by atoms with van der Waals surface area (Å²) in [6.07, 6.45) is 2.02. The van der Waals surface area contributed by atoms with Gasteiger partial charge in [-0.05, 0) is 19.4 Å². The molecule has 3 amide bonds. The molecule has 0 bridgehead atoms. The lowest BCUT2D eigenvalue weighted by Crippen LogP contribution is -2.43. The molecule has 0 unspecified atom stereocenters. The van der Waals surface area contributed by atoms with Gasteiger partial charge in [-0.15, -0.1) is 11.3 Å². The number of benzene rings is 1. The maximum atomic E-state index is 13.7. The molecule has 0 spiro atoms. The Balaban J connectivity index is 1.96. The van der Waals surface area contributed by atoms with Gasteiger partial charge in [0.2, 0.25) is 17.7 Å². The molecule has 0 N–H and O–H groups in total. The fourth-order valence-corrected chi connectivity index (χ4v) is 4.82. The van der Waals surface area contributed by atoms with Gasteiger partial charge in [0.15, 0.2) is 0 Å². The number of amides is 3. The highest BCUT2D eigenvalue weighted by molar-refractivity contribution is 7.09. The largest absolute Gasteiger partial charge is 0.496 e. The fraction of sp³-hybridized carbons (Fsp3) is 0.478. The Morgan fingerprint density at radius 3 is 2.72 bits per heavy atom. The summed E-state index contributed by atoms with van der Waals surface area (Å²) in [5, 5.41) is 2.67. The lowest BCUT2D eigenvalue weighted by atomic mass is 9.75. The maximum absolute atomic E-state index is 13.7. The summed E-state index contributed by atoms with van der Waals surface area (Å²) in [6.45, 7) is 2.58. The van der Waals surface area contributed by atoms with Crippen molar-refractivity contribution in [3.05, 3.63) is 46.4 Å². The van der Waals surface area contributed by atoms with E-state index in [-0.39, 0.29) is 43.1 Å². The molecule has 0 aliphatic carbocycles. The second-order valence-corrected chi connectivity index (χ2v) is 8.81. The monoisotopic (exact) mass is 459 g/mol. The van der Waals surface area contributed by atoms with E-state index in [1.165, 1.54) is 23.3 Å². The minimum absolute atomic E-state index is 0.0790. The molecule has 2 heterocycles. The maximum Gasteiger partial charge on any atom is 0.241 e. The van der Waals surface area contributed by atoms with Crippen LogP contribution in [0.25, 0.3) is 0 Å². The van der Waals surface area contributed by atoms with Gasteiger partial charge >= 0.3 is 0 Å². The van der Waals surface area contributed by atoms with Crippen LogP contribution in [-0.4, -0.2) is 66.9 Å². The van der Waals surface area contributed by atoms with Gasteiger partial charge in [-0.25, -0.2) is 4.98 Å². The first kappa shape index (κ1) is 23.9. The van der Waals surface area contributed by atoms with E-state index < -0.39 is 5.41 Å². The molecule has 2 atom stereocenters. The van der Waals surface area contributed by atoms with Crippen molar-refractivity contribution in [1.29, 1.82) is 0 Å². The molecule has 32 heavy (non-hydrogen) atoms. The predicted molar refractivity (Wildman–Crippen MR) is 120 cm³/mol. The van der Waals surface area contributed by atoms with Crippen molar-refractivity contribution >= 4 is 29.1 Å². The van der Waals surface area contributed by atoms with Crippen molar-refractivity contribution in [2.75, 3.05) is 34.4 Å².